The molecule has 0 unspecified atom stereocenters. The zero-order chi connectivity index (χ0) is 18.6. The third-order valence-electron chi connectivity index (χ3n) is 4.02. The van der Waals surface area contributed by atoms with Gasteiger partial charge in [0, 0.05) is 22.2 Å². The van der Waals surface area contributed by atoms with E-state index in [1.54, 1.807) is 18.2 Å². The molecule has 25 heavy (non-hydrogen) atoms. The highest BCUT2D eigenvalue weighted by Gasteiger charge is 2.25. The Morgan fingerprint density at radius 2 is 1.76 bits per heavy atom. The zero-order valence-electron chi connectivity index (χ0n) is 14.8. The molecule has 1 aromatic carbocycles. The maximum absolute atomic E-state index is 11.8. The van der Waals surface area contributed by atoms with Crippen molar-refractivity contribution in [3.8, 4) is 0 Å². The highest BCUT2D eigenvalue weighted by Crippen LogP contribution is 2.28. The van der Waals surface area contributed by atoms with Crippen LogP contribution in [0.1, 0.15) is 56.8 Å². The van der Waals surface area contributed by atoms with E-state index >= 15 is 0 Å². The van der Waals surface area contributed by atoms with Crippen LogP contribution in [0.25, 0.3) is 0 Å². The van der Waals surface area contributed by atoms with E-state index in [0.717, 1.165) is 35.8 Å². The van der Waals surface area contributed by atoms with E-state index in [-0.39, 0.29) is 23.7 Å². The molecule has 3 N–H and O–H groups in total. The average molecular weight is 413 g/mol. The van der Waals surface area contributed by atoms with Crippen molar-refractivity contribution in [3.05, 3.63) is 28.2 Å². The molecule has 0 aliphatic heterocycles. The Labute approximate surface area is 156 Å². The number of carbonyl (C=O) groups excluding carboxylic acids is 1. The van der Waals surface area contributed by atoms with Crippen LogP contribution in [0.15, 0.2) is 22.7 Å². The molecule has 0 aromatic heterocycles. The van der Waals surface area contributed by atoms with Crippen molar-refractivity contribution in [2.75, 3.05) is 5.32 Å². The monoisotopic (exact) mass is 412 g/mol. The van der Waals surface area contributed by atoms with Crippen LogP contribution in [0, 0.1) is 0 Å². The van der Waals surface area contributed by atoms with Crippen LogP contribution < -0.4 is 10.6 Å². The van der Waals surface area contributed by atoms with Crippen molar-refractivity contribution in [1.29, 1.82) is 0 Å². The van der Waals surface area contributed by atoms with Gasteiger partial charge in [0.15, 0.2) is 0 Å². The first kappa shape index (κ1) is 19.6. The molecule has 1 saturated carbocycles. The molecule has 1 fully saturated rings. The van der Waals surface area contributed by atoms with Gasteiger partial charge in [0.25, 0.3) is 0 Å². The van der Waals surface area contributed by atoms with Gasteiger partial charge in [-0.3, -0.25) is 0 Å². The fraction of sp³-hybridized carbons (Fsp3) is 0.556. The largest absolute Gasteiger partial charge is 0.478 e. The Balaban J connectivity index is 1.86. The molecule has 1 amide bonds. The molecule has 1 aromatic rings. The molecular formula is C18H25BrN2O4. The Morgan fingerprint density at radius 1 is 1.16 bits per heavy atom. The summed E-state index contributed by atoms with van der Waals surface area (Å²) in [5.74, 6) is -0.944. The average Bonchev–Trinajstić information content (AvgIpc) is 2.49. The summed E-state index contributed by atoms with van der Waals surface area (Å²) < 4.78 is 6.13. The van der Waals surface area contributed by atoms with E-state index in [1.165, 1.54) is 0 Å². The van der Waals surface area contributed by atoms with E-state index in [0.29, 0.717) is 0 Å². The van der Waals surface area contributed by atoms with Crippen molar-refractivity contribution in [2.24, 2.45) is 0 Å². The summed E-state index contributed by atoms with van der Waals surface area (Å²) in [7, 11) is 0. The van der Waals surface area contributed by atoms with Gasteiger partial charge < -0.3 is 20.5 Å². The normalized spacial score (nSPS) is 20.6. The first-order chi connectivity index (χ1) is 11.6. The minimum Gasteiger partial charge on any atom is -0.478 e. The molecule has 0 atom stereocenters. The number of amides is 1. The predicted molar refractivity (Wildman–Crippen MR) is 100 cm³/mol. The fourth-order valence-electron chi connectivity index (χ4n) is 2.85. The maximum Gasteiger partial charge on any atom is 0.407 e. The minimum atomic E-state index is -0.944. The topological polar surface area (TPSA) is 87.7 Å². The van der Waals surface area contributed by atoms with E-state index in [1.807, 2.05) is 20.8 Å². The quantitative estimate of drug-likeness (QED) is 0.681. The smallest absolute Gasteiger partial charge is 0.407 e. The number of carboxylic acids is 1. The number of aromatic carboxylic acids is 1. The number of nitrogens with one attached hydrogen (secondary N) is 2. The molecule has 2 rings (SSSR count). The van der Waals surface area contributed by atoms with Gasteiger partial charge in [-0.1, -0.05) is 0 Å². The lowest BCUT2D eigenvalue weighted by atomic mass is 9.91. The number of anilines is 1. The van der Waals surface area contributed by atoms with Gasteiger partial charge in [0.2, 0.25) is 0 Å². The molecule has 138 valence electrons. The minimum absolute atomic E-state index is 0.113. The van der Waals surface area contributed by atoms with Crippen molar-refractivity contribution < 1.29 is 19.4 Å². The van der Waals surface area contributed by atoms with Crippen molar-refractivity contribution in [1.82, 2.24) is 5.32 Å². The van der Waals surface area contributed by atoms with Gasteiger partial charge in [0.05, 0.1) is 5.56 Å². The summed E-state index contributed by atoms with van der Waals surface area (Å²) in [5.41, 5.74) is 0.541. The van der Waals surface area contributed by atoms with Crippen LogP contribution in [-0.2, 0) is 4.74 Å². The van der Waals surface area contributed by atoms with Gasteiger partial charge in [-0.15, -0.1) is 0 Å². The first-order valence-electron chi connectivity index (χ1n) is 8.43. The summed E-state index contributed by atoms with van der Waals surface area (Å²) in [5, 5.41) is 15.4. The van der Waals surface area contributed by atoms with Gasteiger partial charge in [-0.25, -0.2) is 9.59 Å². The maximum atomic E-state index is 11.8. The van der Waals surface area contributed by atoms with Crippen LogP contribution in [0.5, 0.6) is 0 Å². The Kier molecular flexibility index (Phi) is 6.32. The molecule has 0 heterocycles. The number of ether oxygens (including phenoxy) is 1. The number of halogens is 1. The predicted octanol–water partition coefficient (Wildman–Crippen LogP) is 4.40. The third-order valence-corrected chi connectivity index (χ3v) is 4.71. The number of hydrogen-bond acceptors (Lipinski definition) is 4. The summed E-state index contributed by atoms with van der Waals surface area (Å²) in [6.07, 6.45) is 3.12. The second-order valence-corrected chi connectivity index (χ2v) is 8.19. The molecule has 0 saturated heterocycles. The summed E-state index contributed by atoms with van der Waals surface area (Å²) in [4.78, 5) is 22.9. The molecule has 0 radical (unpaired) electrons. The summed E-state index contributed by atoms with van der Waals surface area (Å²) >= 11 is 3.45. The van der Waals surface area contributed by atoms with Gasteiger partial charge in [-0.05, 0) is 80.6 Å². The van der Waals surface area contributed by atoms with E-state index in [9.17, 15) is 9.59 Å². The van der Waals surface area contributed by atoms with E-state index < -0.39 is 11.6 Å². The molecular weight excluding hydrogens is 388 g/mol. The van der Waals surface area contributed by atoms with Crippen molar-refractivity contribution >= 4 is 33.7 Å². The lowest BCUT2D eigenvalue weighted by Gasteiger charge is -2.31. The standard InChI is InChI=1S/C18H25BrN2O4/c1-18(2,3)25-17(24)21-13-7-5-12(6-8-13)20-15-10-11(16(22)23)4-9-14(15)19/h4,9-10,12-13,20H,5-8H2,1-3H3,(H,21,24)(H,22,23)/t12-,13-. The second-order valence-electron chi connectivity index (χ2n) is 7.34. The van der Waals surface area contributed by atoms with E-state index in [4.69, 9.17) is 9.84 Å². The number of benzene rings is 1. The second kappa shape index (κ2) is 8.08. The van der Waals surface area contributed by atoms with Crippen molar-refractivity contribution in [2.45, 2.75) is 64.1 Å². The number of hydrogen-bond donors (Lipinski definition) is 3. The van der Waals surface area contributed by atoms with Crippen LogP contribution in [0.4, 0.5) is 10.5 Å². The number of rotatable bonds is 4. The lowest BCUT2D eigenvalue weighted by Crippen LogP contribution is -2.42. The Bertz CT molecular complexity index is 634. The molecule has 1 aliphatic carbocycles. The molecule has 1 aliphatic rings. The van der Waals surface area contributed by atoms with Crippen molar-refractivity contribution in [3.63, 3.8) is 0 Å². The highest BCUT2D eigenvalue weighted by atomic mass is 79.9. The van der Waals surface area contributed by atoms with Gasteiger partial charge in [-0.2, -0.15) is 0 Å². The molecule has 0 spiro atoms. The first-order valence-corrected chi connectivity index (χ1v) is 9.22. The summed E-state index contributed by atoms with van der Waals surface area (Å²) in [6.45, 7) is 5.53. The van der Waals surface area contributed by atoms with Gasteiger partial charge in [0.1, 0.15) is 5.60 Å². The fourth-order valence-corrected chi connectivity index (χ4v) is 3.21. The zero-order valence-corrected chi connectivity index (χ0v) is 16.4. The van der Waals surface area contributed by atoms with Crippen LogP contribution in [0.3, 0.4) is 0 Å². The van der Waals surface area contributed by atoms with Crippen LogP contribution in [-0.4, -0.2) is 34.9 Å². The number of carbonyl (C=O) groups is 2. The van der Waals surface area contributed by atoms with Gasteiger partial charge >= 0.3 is 12.1 Å². The third kappa shape index (κ3) is 6.23. The molecule has 0 bridgehead atoms. The number of alkyl carbamates (subject to hydrolysis) is 1. The van der Waals surface area contributed by atoms with Crippen LogP contribution >= 0.6 is 15.9 Å². The molecule has 7 heteroatoms. The highest BCUT2D eigenvalue weighted by molar-refractivity contribution is 9.10. The number of carboxylic acid groups (broad SMARTS) is 1. The Morgan fingerprint density at radius 3 is 2.32 bits per heavy atom. The SMILES string of the molecule is CC(C)(C)OC(=O)N[C@H]1CC[C@H](Nc2cc(C(=O)O)ccc2Br)CC1. The lowest BCUT2D eigenvalue weighted by molar-refractivity contribution is 0.0491. The molecule has 6 nitrogen and oxygen atoms in total. The summed E-state index contributed by atoms with van der Waals surface area (Å²) in [6, 6.07) is 5.30. The van der Waals surface area contributed by atoms with E-state index in [2.05, 4.69) is 26.6 Å². The Hall–Kier alpha value is -1.76. The van der Waals surface area contributed by atoms with Crippen LogP contribution in [0.2, 0.25) is 0 Å².